The first kappa shape index (κ1) is 23.9. The van der Waals surface area contributed by atoms with Crippen molar-refractivity contribution < 1.29 is 19.0 Å². The molecule has 0 spiro atoms. The van der Waals surface area contributed by atoms with Gasteiger partial charge in [-0.1, -0.05) is 32.0 Å². The van der Waals surface area contributed by atoms with E-state index in [9.17, 15) is 4.79 Å². The molecule has 0 radical (unpaired) electrons. The van der Waals surface area contributed by atoms with Crippen molar-refractivity contribution in [1.82, 2.24) is 15.0 Å². The summed E-state index contributed by atoms with van der Waals surface area (Å²) in [6.45, 7) is 8.68. The predicted octanol–water partition coefficient (Wildman–Crippen LogP) is 5.50. The average molecular weight is 481 g/mol. The topological polar surface area (TPSA) is 98.4 Å². The Bertz CT molecular complexity index is 1250. The number of ether oxygens (including phenoxy) is 3. The van der Waals surface area contributed by atoms with Crippen LogP contribution in [0.5, 0.6) is 5.75 Å². The molecule has 1 fully saturated rings. The van der Waals surface area contributed by atoms with Crippen LogP contribution < -0.4 is 10.1 Å². The lowest BCUT2D eigenvalue weighted by molar-refractivity contribution is -0.141. The van der Waals surface area contributed by atoms with Crippen LogP contribution in [-0.2, 0) is 9.47 Å². The Hall–Kier alpha value is -3.27. The zero-order valence-electron chi connectivity index (χ0n) is 19.6. The molecule has 34 heavy (non-hydrogen) atoms. The minimum absolute atomic E-state index is 0.112. The lowest BCUT2D eigenvalue weighted by Crippen LogP contribution is -2.25. The van der Waals surface area contributed by atoms with Crippen molar-refractivity contribution in [3.8, 4) is 17.1 Å². The van der Waals surface area contributed by atoms with Gasteiger partial charge in [-0.25, -0.2) is 9.97 Å². The average Bonchev–Trinajstić information content (AvgIpc) is 3.58. The summed E-state index contributed by atoms with van der Waals surface area (Å²) in [5.74, 6) is 0.537. The van der Waals surface area contributed by atoms with Gasteiger partial charge in [-0.2, -0.15) is 0 Å². The Morgan fingerprint density at radius 3 is 2.82 bits per heavy atom. The summed E-state index contributed by atoms with van der Waals surface area (Å²) in [6, 6.07) is 13.1. The van der Waals surface area contributed by atoms with E-state index >= 15 is 0 Å². The minimum atomic E-state index is -0.576. The molecule has 2 N–H and O–H groups in total. The van der Waals surface area contributed by atoms with Crippen LogP contribution in [0.25, 0.3) is 22.4 Å². The molecule has 1 amide bonds. The number of thiazole rings is 1. The highest BCUT2D eigenvalue weighted by Gasteiger charge is 2.33. The number of hydrogen-bond acceptors (Lipinski definition) is 7. The third-order valence-electron chi connectivity index (χ3n) is 5.02. The van der Waals surface area contributed by atoms with E-state index in [-0.39, 0.29) is 12.0 Å². The van der Waals surface area contributed by atoms with Gasteiger partial charge >= 0.3 is 0 Å². The second-order valence-corrected chi connectivity index (χ2v) is 8.76. The summed E-state index contributed by atoms with van der Waals surface area (Å²) in [7, 11) is 0. The summed E-state index contributed by atoms with van der Waals surface area (Å²) in [6.07, 6.45) is 1.54. The molecular formula is C25H28N4O4S. The fraction of sp³-hybridized carbons (Fsp3) is 0.320. The smallest absolute Gasteiger partial charge is 0.259 e. The van der Waals surface area contributed by atoms with Crippen molar-refractivity contribution in [3.05, 3.63) is 59.6 Å². The Morgan fingerprint density at radius 1 is 1.26 bits per heavy atom. The number of aromatic nitrogens is 3. The number of carbonyl (C=O) groups excluding carboxylic acids is 1. The van der Waals surface area contributed by atoms with Crippen LogP contribution in [0.3, 0.4) is 0 Å². The third-order valence-corrected chi connectivity index (χ3v) is 5.71. The van der Waals surface area contributed by atoms with Crippen molar-refractivity contribution in [1.29, 1.82) is 0 Å². The van der Waals surface area contributed by atoms with Gasteiger partial charge in [0.25, 0.3) is 5.91 Å². The lowest BCUT2D eigenvalue weighted by Gasteiger charge is -2.17. The number of amides is 1. The fourth-order valence-corrected chi connectivity index (χ4v) is 4.09. The van der Waals surface area contributed by atoms with E-state index < -0.39 is 5.79 Å². The van der Waals surface area contributed by atoms with Crippen molar-refractivity contribution in [2.24, 2.45) is 0 Å². The molecule has 1 unspecified atom stereocenters. The minimum Gasteiger partial charge on any atom is -0.491 e. The number of aromatic amines is 1. The number of imidazole rings is 1. The van der Waals surface area contributed by atoms with Gasteiger partial charge < -0.3 is 19.2 Å². The van der Waals surface area contributed by atoms with Crippen LogP contribution in [0.4, 0.5) is 5.13 Å². The maximum Gasteiger partial charge on any atom is 0.259 e. The first-order valence-electron chi connectivity index (χ1n) is 11.2. The quantitative estimate of drug-likeness (QED) is 0.378. The number of nitrogens with zero attached hydrogens (tertiary/aromatic N) is 2. The molecule has 0 saturated carbocycles. The zero-order valence-corrected chi connectivity index (χ0v) is 20.4. The molecule has 1 saturated heterocycles. The van der Waals surface area contributed by atoms with Gasteiger partial charge in [0, 0.05) is 17.1 Å². The largest absolute Gasteiger partial charge is 0.491 e. The van der Waals surface area contributed by atoms with Gasteiger partial charge in [-0.15, -0.1) is 11.3 Å². The molecule has 1 aliphatic rings. The molecule has 178 valence electrons. The monoisotopic (exact) mass is 480 g/mol. The Balaban J connectivity index is 0.00000133. The number of H-pyrrole nitrogens is 1. The fourth-order valence-electron chi connectivity index (χ4n) is 3.57. The highest BCUT2D eigenvalue weighted by molar-refractivity contribution is 7.13. The van der Waals surface area contributed by atoms with Crippen molar-refractivity contribution in [2.45, 2.75) is 39.6 Å². The number of nitrogens with one attached hydrogen (secondary N) is 2. The maximum atomic E-state index is 12.7. The summed E-state index contributed by atoms with van der Waals surface area (Å²) in [5.41, 5.74) is 2.71. The highest BCUT2D eigenvalue weighted by atomic mass is 32.1. The van der Waals surface area contributed by atoms with Gasteiger partial charge in [-0.05, 0) is 38.1 Å². The zero-order chi connectivity index (χ0) is 24.1. The van der Waals surface area contributed by atoms with E-state index in [4.69, 9.17) is 19.2 Å². The summed E-state index contributed by atoms with van der Waals surface area (Å²) in [5, 5.41) is 5.17. The van der Waals surface area contributed by atoms with Gasteiger partial charge in [0.15, 0.2) is 10.9 Å². The number of hydrogen-bond donors (Lipinski definition) is 2. The van der Waals surface area contributed by atoms with Crippen molar-refractivity contribution >= 4 is 33.4 Å². The molecule has 1 aliphatic heterocycles. The van der Waals surface area contributed by atoms with Gasteiger partial charge in [0.1, 0.15) is 29.8 Å². The second kappa shape index (κ2) is 10.3. The number of anilines is 1. The standard InChI is InChI=1S/C23H22N4O4S.C2H6/c1-23(2)30-13-16(31-23)12-29-15-6-3-5-14(11-15)20-25-18-8-4-7-17(19(18)26-20)21(28)27-22-24-9-10-32-22;1-2/h3-11,16H,12-13H2,1-2H3,(H,25,26)(H,24,27,28);1-2H3. The Morgan fingerprint density at radius 2 is 2.09 bits per heavy atom. The summed E-state index contributed by atoms with van der Waals surface area (Å²) < 4.78 is 17.3. The molecule has 2 aromatic carbocycles. The van der Waals surface area contributed by atoms with Gasteiger partial charge in [0.2, 0.25) is 0 Å². The SMILES string of the molecule is CC.CC1(C)OCC(COc2cccc(-c3nc4c(C(=O)Nc5nccs5)cccc4[nH]3)c2)O1. The number of rotatable bonds is 6. The molecule has 4 aromatic rings. The van der Waals surface area contributed by atoms with E-state index in [1.54, 1.807) is 12.3 Å². The normalized spacial score (nSPS) is 16.6. The number of carbonyl (C=O) groups is 1. The molecule has 9 heteroatoms. The van der Waals surface area contributed by atoms with E-state index in [1.807, 2.05) is 69.5 Å². The maximum absolute atomic E-state index is 12.7. The summed E-state index contributed by atoms with van der Waals surface area (Å²) >= 11 is 1.37. The number of para-hydroxylation sites is 1. The van der Waals surface area contributed by atoms with Crippen LogP contribution in [-0.4, -0.2) is 46.0 Å². The molecule has 3 heterocycles. The van der Waals surface area contributed by atoms with Crippen molar-refractivity contribution in [2.75, 3.05) is 18.5 Å². The summed E-state index contributed by atoms with van der Waals surface area (Å²) in [4.78, 5) is 24.8. The van der Waals surface area contributed by atoms with E-state index in [2.05, 4.69) is 15.3 Å². The first-order valence-corrected chi connectivity index (χ1v) is 12.1. The first-order chi connectivity index (χ1) is 16.5. The van der Waals surface area contributed by atoms with Gasteiger partial charge in [0.05, 0.1) is 17.7 Å². The molecular weight excluding hydrogens is 452 g/mol. The lowest BCUT2D eigenvalue weighted by atomic mass is 10.2. The van der Waals surface area contributed by atoms with Crippen LogP contribution in [0, 0.1) is 0 Å². The third kappa shape index (κ3) is 5.44. The van der Waals surface area contributed by atoms with Crippen LogP contribution in [0.15, 0.2) is 54.0 Å². The molecule has 0 bridgehead atoms. The van der Waals surface area contributed by atoms with Gasteiger partial charge in [-0.3, -0.25) is 10.1 Å². The van der Waals surface area contributed by atoms with E-state index in [0.29, 0.717) is 41.0 Å². The molecule has 2 aromatic heterocycles. The molecule has 1 atom stereocenters. The molecule has 0 aliphatic carbocycles. The number of benzene rings is 2. The van der Waals surface area contributed by atoms with E-state index in [1.165, 1.54) is 11.3 Å². The van der Waals surface area contributed by atoms with E-state index in [0.717, 1.165) is 11.1 Å². The predicted molar refractivity (Wildman–Crippen MR) is 133 cm³/mol. The molecule has 8 nitrogen and oxygen atoms in total. The van der Waals surface area contributed by atoms with Crippen molar-refractivity contribution in [3.63, 3.8) is 0 Å². The number of fused-ring (bicyclic) bond motifs is 1. The molecule has 5 rings (SSSR count). The second-order valence-electron chi connectivity index (χ2n) is 7.87. The van der Waals surface area contributed by atoms with Crippen LogP contribution >= 0.6 is 11.3 Å². The Kier molecular flexibility index (Phi) is 7.26. The Labute approximate surface area is 202 Å². The van der Waals surface area contributed by atoms with Crippen LogP contribution in [0.1, 0.15) is 38.1 Å². The van der Waals surface area contributed by atoms with Crippen LogP contribution in [0.2, 0.25) is 0 Å². The highest BCUT2D eigenvalue weighted by Crippen LogP contribution is 2.27.